The second kappa shape index (κ2) is 6.42. The minimum atomic E-state index is 0.157. The Kier molecular flexibility index (Phi) is 4.86. The molecular weight excluding hydrogens is 307 g/mol. The molecule has 0 aliphatic heterocycles. The fraction of sp³-hybridized carbons (Fsp3) is 0.231. The largest absolute Gasteiger partial charge is 0.493 e. The molecule has 0 bridgehead atoms. The number of halogens is 3. The van der Waals surface area contributed by atoms with Gasteiger partial charge in [0.15, 0.2) is 0 Å². The zero-order valence-corrected chi connectivity index (χ0v) is 12.4. The van der Waals surface area contributed by atoms with E-state index in [1.807, 2.05) is 19.1 Å². The standard InChI is InChI=1S/C13H11Cl3N2O/c1-8-11(12(15)18-13(16)17-8)6-7-19-10-4-2-9(14)3-5-10/h2-5H,6-7H2,1H3. The minimum absolute atomic E-state index is 0.157. The van der Waals surface area contributed by atoms with E-state index in [0.717, 1.165) is 17.0 Å². The summed E-state index contributed by atoms with van der Waals surface area (Å²) >= 11 is 17.5. The summed E-state index contributed by atoms with van der Waals surface area (Å²) in [6.07, 6.45) is 0.616. The van der Waals surface area contributed by atoms with Crippen molar-refractivity contribution < 1.29 is 4.74 Å². The molecule has 0 atom stereocenters. The predicted molar refractivity (Wildman–Crippen MR) is 77.4 cm³/mol. The summed E-state index contributed by atoms with van der Waals surface area (Å²) in [7, 11) is 0. The van der Waals surface area contributed by atoms with Crippen LogP contribution in [0.3, 0.4) is 0 Å². The highest BCUT2D eigenvalue weighted by molar-refractivity contribution is 6.32. The third kappa shape index (κ3) is 3.96. The van der Waals surface area contributed by atoms with Gasteiger partial charge in [-0.15, -0.1) is 0 Å². The Morgan fingerprint density at radius 1 is 1.05 bits per heavy atom. The lowest BCUT2D eigenvalue weighted by Gasteiger charge is -2.09. The van der Waals surface area contributed by atoms with Gasteiger partial charge in [0.2, 0.25) is 5.28 Å². The van der Waals surface area contributed by atoms with Crippen LogP contribution in [-0.2, 0) is 6.42 Å². The SMILES string of the molecule is Cc1nc(Cl)nc(Cl)c1CCOc1ccc(Cl)cc1. The molecule has 1 aromatic carbocycles. The highest BCUT2D eigenvalue weighted by Crippen LogP contribution is 2.20. The van der Waals surface area contributed by atoms with Crippen molar-refractivity contribution in [1.82, 2.24) is 9.97 Å². The van der Waals surface area contributed by atoms with Gasteiger partial charge < -0.3 is 4.74 Å². The van der Waals surface area contributed by atoms with Crippen LogP contribution in [0.5, 0.6) is 5.75 Å². The first kappa shape index (κ1) is 14.4. The highest BCUT2D eigenvalue weighted by atomic mass is 35.5. The first-order chi connectivity index (χ1) is 9.06. The zero-order chi connectivity index (χ0) is 13.8. The zero-order valence-electron chi connectivity index (χ0n) is 10.2. The van der Waals surface area contributed by atoms with Crippen molar-refractivity contribution in [1.29, 1.82) is 0 Å². The maximum absolute atomic E-state index is 6.03. The van der Waals surface area contributed by atoms with E-state index in [0.29, 0.717) is 23.2 Å². The number of aromatic nitrogens is 2. The van der Waals surface area contributed by atoms with Crippen LogP contribution in [0.2, 0.25) is 15.5 Å². The molecule has 0 spiro atoms. The molecular formula is C13H11Cl3N2O. The summed E-state index contributed by atoms with van der Waals surface area (Å²) < 4.78 is 5.60. The van der Waals surface area contributed by atoms with Crippen LogP contribution >= 0.6 is 34.8 Å². The van der Waals surface area contributed by atoms with E-state index in [1.54, 1.807) is 12.1 Å². The van der Waals surface area contributed by atoms with Crippen molar-refractivity contribution >= 4 is 34.8 Å². The monoisotopic (exact) mass is 316 g/mol. The summed E-state index contributed by atoms with van der Waals surface area (Å²) in [6, 6.07) is 7.19. The van der Waals surface area contributed by atoms with Gasteiger partial charge in [-0.2, -0.15) is 0 Å². The Bertz CT molecular complexity index is 550. The Morgan fingerprint density at radius 3 is 2.37 bits per heavy atom. The molecule has 2 aromatic rings. The van der Waals surface area contributed by atoms with Gasteiger partial charge in [0, 0.05) is 22.7 Å². The predicted octanol–water partition coefficient (Wildman–Crippen LogP) is 4.37. The minimum Gasteiger partial charge on any atom is -0.493 e. The number of nitrogens with zero attached hydrogens (tertiary/aromatic N) is 2. The van der Waals surface area contributed by atoms with Gasteiger partial charge in [-0.1, -0.05) is 23.2 Å². The van der Waals surface area contributed by atoms with Crippen molar-refractivity contribution in [3.05, 3.63) is 51.0 Å². The van der Waals surface area contributed by atoms with Crippen LogP contribution in [0.25, 0.3) is 0 Å². The van der Waals surface area contributed by atoms with Crippen LogP contribution in [-0.4, -0.2) is 16.6 Å². The number of benzene rings is 1. The van der Waals surface area contributed by atoms with Crippen LogP contribution in [0.15, 0.2) is 24.3 Å². The summed E-state index contributed by atoms with van der Waals surface area (Å²) in [6.45, 7) is 2.32. The van der Waals surface area contributed by atoms with Gasteiger partial charge in [-0.25, -0.2) is 9.97 Å². The fourth-order valence-electron chi connectivity index (χ4n) is 1.61. The molecule has 1 heterocycles. The van der Waals surface area contributed by atoms with E-state index in [2.05, 4.69) is 9.97 Å². The second-order valence-electron chi connectivity index (χ2n) is 3.90. The second-order valence-corrected chi connectivity index (χ2v) is 5.03. The molecule has 6 heteroatoms. The average molecular weight is 318 g/mol. The van der Waals surface area contributed by atoms with Gasteiger partial charge in [0.1, 0.15) is 10.9 Å². The fourth-order valence-corrected chi connectivity index (χ4v) is 2.31. The molecule has 0 aliphatic carbocycles. The molecule has 3 nitrogen and oxygen atoms in total. The number of hydrogen-bond donors (Lipinski definition) is 0. The molecule has 1 aromatic heterocycles. The van der Waals surface area contributed by atoms with Crippen LogP contribution in [0, 0.1) is 6.92 Å². The van der Waals surface area contributed by atoms with E-state index in [9.17, 15) is 0 Å². The molecule has 100 valence electrons. The van der Waals surface area contributed by atoms with Gasteiger partial charge in [-0.05, 0) is 42.8 Å². The van der Waals surface area contributed by atoms with Gasteiger partial charge in [-0.3, -0.25) is 0 Å². The maximum Gasteiger partial charge on any atom is 0.224 e. The molecule has 0 fully saturated rings. The average Bonchev–Trinajstić information content (AvgIpc) is 2.34. The first-order valence-corrected chi connectivity index (χ1v) is 6.76. The van der Waals surface area contributed by atoms with Crippen molar-refractivity contribution in [2.45, 2.75) is 13.3 Å². The normalized spacial score (nSPS) is 10.5. The quantitative estimate of drug-likeness (QED) is 0.620. The Labute approximate surface area is 126 Å². The van der Waals surface area contributed by atoms with Crippen molar-refractivity contribution in [3.8, 4) is 5.75 Å². The highest BCUT2D eigenvalue weighted by Gasteiger charge is 2.09. The lowest BCUT2D eigenvalue weighted by Crippen LogP contribution is -2.05. The number of hydrogen-bond acceptors (Lipinski definition) is 3. The topological polar surface area (TPSA) is 35.0 Å². The molecule has 0 aliphatic rings. The number of aryl methyl sites for hydroxylation is 1. The van der Waals surface area contributed by atoms with Crippen molar-refractivity contribution in [2.75, 3.05) is 6.61 Å². The summed E-state index contributed by atoms with van der Waals surface area (Å²) in [5.74, 6) is 0.757. The molecule has 0 saturated heterocycles. The Balaban J connectivity index is 1.98. The van der Waals surface area contributed by atoms with E-state index >= 15 is 0 Å². The van der Waals surface area contributed by atoms with Crippen LogP contribution < -0.4 is 4.74 Å². The van der Waals surface area contributed by atoms with E-state index in [-0.39, 0.29) is 5.28 Å². The lowest BCUT2D eigenvalue weighted by atomic mass is 10.2. The summed E-state index contributed by atoms with van der Waals surface area (Å²) in [4.78, 5) is 7.99. The molecule has 0 unspecified atom stereocenters. The summed E-state index contributed by atoms with van der Waals surface area (Å²) in [5.41, 5.74) is 1.62. The smallest absolute Gasteiger partial charge is 0.224 e. The lowest BCUT2D eigenvalue weighted by molar-refractivity contribution is 0.321. The van der Waals surface area contributed by atoms with Crippen LogP contribution in [0.1, 0.15) is 11.3 Å². The Hall–Kier alpha value is -1.03. The number of rotatable bonds is 4. The van der Waals surface area contributed by atoms with Crippen molar-refractivity contribution in [3.63, 3.8) is 0 Å². The first-order valence-electron chi connectivity index (χ1n) is 5.63. The Morgan fingerprint density at radius 2 is 1.74 bits per heavy atom. The van der Waals surface area contributed by atoms with Crippen LogP contribution in [0.4, 0.5) is 0 Å². The molecule has 0 saturated carbocycles. The van der Waals surface area contributed by atoms with E-state index < -0.39 is 0 Å². The van der Waals surface area contributed by atoms with Gasteiger partial charge in [0.05, 0.1) is 6.61 Å². The number of ether oxygens (including phenoxy) is 1. The van der Waals surface area contributed by atoms with Crippen molar-refractivity contribution in [2.24, 2.45) is 0 Å². The summed E-state index contributed by atoms with van der Waals surface area (Å²) in [5, 5.41) is 1.21. The third-order valence-electron chi connectivity index (χ3n) is 2.57. The van der Waals surface area contributed by atoms with E-state index in [4.69, 9.17) is 39.5 Å². The molecule has 0 amide bonds. The van der Waals surface area contributed by atoms with Gasteiger partial charge in [0.25, 0.3) is 0 Å². The molecule has 19 heavy (non-hydrogen) atoms. The van der Waals surface area contributed by atoms with Gasteiger partial charge >= 0.3 is 0 Å². The molecule has 0 N–H and O–H groups in total. The molecule has 2 rings (SSSR count). The third-order valence-corrected chi connectivity index (χ3v) is 3.30. The maximum atomic E-state index is 6.03. The van der Waals surface area contributed by atoms with E-state index in [1.165, 1.54) is 0 Å². The molecule has 0 radical (unpaired) electrons.